The fourth-order valence-corrected chi connectivity index (χ4v) is 3.13. The second-order valence-corrected chi connectivity index (χ2v) is 5.25. The first-order valence-electron chi connectivity index (χ1n) is 6.62. The van der Waals surface area contributed by atoms with Crippen LogP contribution in [0.3, 0.4) is 0 Å². The van der Waals surface area contributed by atoms with Gasteiger partial charge in [0.05, 0.1) is 24.4 Å². The van der Waals surface area contributed by atoms with Gasteiger partial charge in [0.1, 0.15) is 6.10 Å². The first kappa shape index (κ1) is 12.9. The molecule has 0 aliphatic carbocycles. The molecule has 0 saturated carbocycles. The highest BCUT2D eigenvalue weighted by molar-refractivity contribution is 5.85. The van der Waals surface area contributed by atoms with E-state index in [-0.39, 0.29) is 18.5 Å². The second kappa shape index (κ2) is 4.78. The summed E-state index contributed by atoms with van der Waals surface area (Å²) in [5.41, 5.74) is 2.36. The zero-order valence-corrected chi connectivity index (χ0v) is 11.8. The molecule has 1 saturated heterocycles. The van der Waals surface area contributed by atoms with Crippen LogP contribution in [0, 0.1) is 0 Å². The fourth-order valence-electron chi connectivity index (χ4n) is 3.13. The molecule has 0 amide bonds. The van der Waals surface area contributed by atoms with Gasteiger partial charge in [0.25, 0.3) is 0 Å². The molecule has 0 N–H and O–H groups in total. The summed E-state index contributed by atoms with van der Waals surface area (Å²) in [6.07, 6.45) is 1.41. The van der Waals surface area contributed by atoms with Crippen molar-refractivity contribution in [2.45, 2.75) is 25.1 Å². The number of likely N-dealkylation sites (tertiary alicyclic amines) is 1. The Morgan fingerprint density at radius 1 is 1.26 bits per heavy atom. The number of hydrogen-bond acceptors (Lipinski definition) is 3. The molecule has 3 heterocycles. The number of aromatic nitrogens is 2. The molecule has 4 nitrogen and oxygen atoms in total. The van der Waals surface area contributed by atoms with Gasteiger partial charge in [-0.25, -0.2) is 0 Å². The Hall–Kier alpha value is -1.10. The quantitative estimate of drug-likeness (QED) is 0.802. The van der Waals surface area contributed by atoms with Crippen LogP contribution in [0.2, 0.25) is 0 Å². The van der Waals surface area contributed by atoms with Gasteiger partial charge in [-0.2, -0.15) is 5.10 Å². The lowest BCUT2D eigenvalue weighted by Crippen LogP contribution is -2.50. The molecule has 2 atom stereocenters. The van der Waals surface area contributed by atoms with Crippen molar-refractivity contribution in [3.63, 3.8) is 0 Å². The molecule has 2 aliphatic heterocycles. The third-order valence-electron chi connectivity index (χ3n) is 4.25. The zero-order valence-electron chi connectivity index (χ0n) is 11.0. The molecule has 2 aromatic rings. The highest BCUT2D eigenvalue weighted by Crippen LogP contribution is 2.37. The largest absolute Gasteiger partial charge is 0.368 e. The van der Waals surface area contributed by atoms with Crippen molar-refractivity contribution in [3.05, 3.63) is 30.0 Å². The highest BCUT2D eigenvalue weighted by atomic mass is 35.5. The van der Waals surface area contributed by atoms with Gasteiger partial charge in [-0.15, -0.1) is 12.4 Å². The number of nitrogens with zero attached hydrogens (tertiary/aromatic N) is 3. The maximum Gasteiger partial charge on any atom is 0.115 e. The number of likely N-dealkylation sites (N-methyl/N-ethyl adjacent to an activating group) is 1. The molecule has 0 radical (unpaired) electrons. The second-order valence-electron chi connectivity index (χ2n) is 5.25. The summed E-state index contributed by atoms with van der Waals surface area (Å²) in [6, 6.07) is 8.90. The lowest BCUT2D eigenvalue weighted by Gasteiger charge is -2.44. The number of halogens is 1. The minimum absolute atomic E-state index is 0. The van der Waals surface area contributed by atoms with Crippen LogP contribution < -0.4 is 0 Å². The Bertz CT molecular complexity index is 597. The van der Waals surface area contributed by atoms with E-state index in [1.54, 1.807) is 0 Å². The van der Waals surface area contributed by atoms with Gasteiger partial charge < -0.3 is 9.64 Å². The Morgan fingerprint density at radius 3 is 2.84 bits per heavy atom. The first-order valence-corrected chi connectivity index (χ1v) is 6.62. The molecular weight excluding hydrogens is 262 g/mol. The molecule has 102 valence electrons. The Labute approximate surface area is 118 Å². The van der Waals surface area contributed by atoms with E-state index in [0.29, 0.717) is 6.04 Å². The Balaban J connectivity index is 0.00000110. The SMILES string of the molecule is CN1CC[C@H]1C1OCCn2nc3ccccc3c21.Cl. The van der Waals surface area contributed by atoms with Crippen molar-refractivity contribution >= 4 is 23.3 Å². The van der Waals surface area contributed by atoms with Crippen LogP contribution in [-0.2, 0) is 11.3 Å². The van der Waals surface area contributed by atoms with Crippen LogP contribution in [-0.4, -0.2) is 40.9 Å². The van der Waals surface area contributed by atoms with E-state index < -0.39 is 0 Å². The predicted molar refractivity (Wildman–Crippen MR) is 76.7 cm³/mol. The smallest absolute Gasteiger partial charge is 0.115 e. The van der Waals surface area contributed by atoms with Gasteiger partial charge in [-0.1, -0.05) is 18.2 Å². The Morgan fingerprint density at radius 2 is 2.11 bits per heavy atom. The molecule has 1 aromatic heterocycles. The molecule has 4 rings (SSSR count). The average molecular weight is 280 g/mol. The molecule has 1 unspecified atom stereocenters. The molecule has 1 aromatic carbocycles. The zero-order chi connectivity index (χ0) is 12.1. The molecule has 1 fully saturated rings. The van der Waals surface area contributed by atoms with Crippen LogP contribution in [0.15, 0.2) is 24.3 Å². The van der Waals surface area contributed by atoms with Gasteiger partial charge in [-0.3, -0.25) is 4.68 Å². The summed E-state index contributed by atoms with van der Waals surface area (Å²) in [5.74, 6) is 0. The summed E-state index contributed by atoms with van der Waals surface area (Å²) in [7, 11) is 2.18. The van der Waals surface area contributed by atoms with Crippen molar-refractivity contribution in [1.82, 2.24) is 14.7 Å². The maximum absolute atomic E-state index is 6.04. The topological polar surface area (TPSA) is 30.3 Å². The van der Waals surface area contributed by atoms with Gasteiger partial charge >= 0.3 is 0 Å². The summed E-state index contributed by atoms with van der Waals surface area (Å²) in [5, 5.41) is 5.94. The molecule has 5 heteroatoms. The van der Waals surface area contributed by atoms with Crippen LogP contribution in [0.5, 0.6) is 0 Å². The van der Waals surface area contributed by atoms with E-state index in [9.17, 15) is 0 Å². The maximum atomic E-state index is 6.04. The third-order valence-corrected chi connectivity index (χ3v) is 4.25. The normalized spacial score (nSPS) is 26.6. The van der Waals surface area contributed by atoms with Crippen molar-refractivity contribution in [2.75, 3.05) is 20.2 Å². The number of hydrogen-bond donors (Lipinski definition) is 0. The first-order chi connectivity index (χ1) is 8.84. The van der Waals surface area contributed by atoms with Gasteiger partial charge in [0, 0.05) is 11.4 Å². The molecule has 0 bridgehead atoms. The molecule has 19 heavy (non-hydrogen) atoms. The Kier molecular flexibility index (Phi) is 3.25. The number of benzene rings is 1. The highest BCUT2D eigenvalue weighted by Gasteiger charge is 2.38. The van der Waals surface area contributed by atoms with E-state index in [1.165, 1.54) is 24.0 Å². The molecule has 0 spiro atoms. The van der Waals surface area contributed by atoms with Crippen LogP contribution in [0.25, 0.3) is 10.9 Å². The summed E-state index contributed by atoms with van der Waals surface area (Å²) in [4.78, 5) is 2.38. The fraction of sp³-hybridized carbons (Fsp3) is 0.500. The average Bonchev–Trinajstić information content (AvgIpc) is 2.76. The van der Waals surface area contributed by atoms with E-state index >= 15 is 0 Å². The minimum Gasteiger partial charge on any atom is -0.368 e. The van der Waals surface area contributed by atoms with Gasteiger partial charge in [0.15, 0.2) is 0 Å². The standard InChI is InChI=1S/C14H17N3O.ClH/c1-16-7-6-12(16)14-13-10-4-2-3-5-11(10)15-17(13)8-9-18-14;/h2-5,12,14H,6-9H2,1H3;1H/t12-,14?;/m0./s1. The van der Waals surface area contributed by atoms with E-state index in [1.807, 2.05) is 6.07 Å². The molecular formula is C14H18ClN3O. The lowest BCUT2D eigenvalue weighted by molar-refractivity contribution is -0.0682. The molecule has 2 aliphatic rings. The lowest BCUT2D eigenvalue weighted by atomic mass is 9.93. The van der Waals surface area contributed by atoms with Crippen molar-refractivity contribution in [2.24, 2.45) is 0 Å². The number of rotatable bonds is 1. The summed E-state index contributed by atoms with van der Waals surface area (Å²) >= 11 is 0. The summed E-state index contributed by atoms with van der Waals surface area (Å²) in [6.45, 7) is 2.82. The number of fused-ring (bicyclic) bond motifs is 3. The van der Waals surface area contributed by atoms with Gasteiger partial charge in [0.2, 0.25) is 0 Å². The predicted octanol–water partition coefficient (Wildman–Crippen LogP) is 2.23. The monoisotopic (exact) mass is 279 g/mol. The van der Waals surface area contributed by atoms with E-state index in [4.69, 9.17) is 4.74 Å². The van der Waals surface area contributed by atoms with Crippen LogP contribution >= 0.6 is 12.4 Å². The summed E-state index contributed by atoms with van der Waals surface area (Å²) < 4.78 is 8.19. The van der Waals surface area contributed by atoms with Crippen molar-refractivity contribution in [1.29, 1.82) is 0 Å². The van der Waals surface area contributed by atoms with Crippen LogP contribution in [0.1, 0.15) is 18.2 Å². The number of ether oxygens (including phenoxy) is 1. The van der Waals surface area contributed by atoms with E-state index in [0.717, 1.165) is 18.7 Å². The van der Waals surface area contributed by atoms with Crippen molar-refractivity contribution in [3.8, 4) is 0 Å². The van der Waals surface area contributed by atoms with E-state index in [2.05, 4.69) is 39.9 Å². The van der Waals surface area contributed by atoms with Gasteiger partial charge in [-0.05, 0) is 26.1 Å². The third kappa shape index (κ3) is 1.86. The van der Waals surface area contributed by atoms with Crippen LogP contribution in [0.4, 0.5) is 0 Å². The minimum atomic E-state index is 0. The van der Waals surface area contributed by atoms with Crippen molar-refractivity contribution < 1.29 is 4.74 Å².